The lowest BCUT2D eigenvalue weighted by Crippen LogP contribution is -2.34. The second kappa shape index (κ2) is 5.52. The number of hydrogen-bond donors (Lipinski definition) is 1. The summed E-state index contributed by atoms with van der Waals surface area (Å²) in [5, 5.41) is 3.55. The van der Waals surface area contributed by atoms with Crippen molar-refractivity contribution in [2.75, 3.05) is 19.6 Å². The number of nitrogens with zero attached hydrogens (tertiary/aromatic N) is 1. The SMILES string of the molecule is CCC1C2CNCC2CN1Cc1cc(Br)c(Br)s1. The first kappa shape index (κ1) is 13.6. The van der Waals surface area contributed by atoms with Gasteiger partial charge in [-0.3, -0.25) is 4.90 Å². The van der Waals surface area contributed by atoms with Crippen LogP contribution in [0.15, 0.2) is 14.3 Å². The molecule has 3 heterocycles. The van der Waals surface area contributed by atoms with E-state index in [2.05, 4.69) is 55.1 Å². The van der Waals surface area contributed by atoms with Crippen molar-refractivity contribution in [3.63, 3.8) is 0 Å². The van der Waals surface area contributed by atoms with Crippen LogP contribution in [0, 0.1) is 11.8 Å². The number of nitrogens with one attached hydrogen (secondary N) is 1. The van der Waals surface area contributed by atoms with E-state index in [1.54, 1.807) is 0 Å². The average molecular weight is 394 g/mol. The molecule has 0 bridgehead atoms. The number of thiophene rings is 1. The molecule has 2 fully saturated rings. The van der Waals surface area contributed by atoms with E-state index in [-0.39, 0.29) is 0 Å². The minimum Gasteiger partial charge on any atom is -0.316 e. The highest BCUT2D eigenvalue weighted by molar-refractivity contribution is 9.13. The van der Waals surface area contributed by atoms with Gasteiger partial charge < -0.3 is 5.32 Å². The lowest BCUT2D eigenvalue weighted by atomic mass is 9.93. The van der Waals surface area contributed by atoms with Gasteiger partial charge in [-0.25, -0.2) is 0 Å². The summed E-state index contributed by atoms with van der Waals surface area (Å²) >= 11 is 9.02. The number of rotatable bonds is 3. The molecule has 0 aromatic carbocycles. The van der Waals surface area contributed by atoms with Crippen LogP contribution < -0.4 is 5.32 Å². The molecule has 1 N–H and O–H groups in total. The first-order valence-corrected chi connectivity index (χ1v) is 8.97. The Morgan fingerprint density at radius 2 is 2.28 bits per heavy atom. The van der Waals surface area contributed by atoms with Crippen LogP contribution in [0.25, 0.3) is 0 Å². The second-order valence-electron chi connectivity index (χ2n) is 5.32. The minimum atomic E-state index is 0.768. The zero-order valence-corrected chi connectivity index (χ0v) is 14.4. The molecule has 2 aliphatic rings. The quantitative estimate of drug-likeness (QED) is 0.841. The molecule has 100 valence electrons. The van der Waals surface area contributed by atoms with E-state index in [0.717, 1.165) is 24.4 Å². The maximum absolute atomic E-state index is 3.59. The number of halogens is 2. The van der Waals surface area contributed by atoms with Gasteiger partial charge in [-0.05, 0) is 69.3 Å². The number of hydrogen-bond acceptors (Lipinski definition) is 3. The molecule has 0 aliphatic carbocycles. The second-order valence-corrected chi connectivity index (χ2v) is 8.63. The van der Waals surface area contributed by atoms with Gasteiger partial charge in [0.15, 0.2) is 0 Å². The number of fused-ring (bicyclic) bond motifs is 1. The normalized spacial score (nSPS) is 32.1. The van der Waals surface area contributed by atoms with E-state index < -0.39 is 0 Å². The van der Waals surface area contributed by atoms with Crippen LogP contribution >= 0.6 is 43.2 Å². The van der Waals surface area contributed by atoms with E-state index in [9.17, 15) is 0 Å². The molecule has 2 saturated heterocycles. The summed E-state index contributed by atoms with van der Waals surface area (Å²) in [5.41, 5.74) is 0. The van der Waals surface area contributed by atoms with Crippen molar-refractivity contribution in [3.05, 3.63) is 19.2 Å². The summed E-state index contributed by atoms with van der Waals surface area (Å²) in [5.74, 6) is 1.75. The van der Waals surface area contributed by atoms with Crippen molar-refractivity contribution in [1.82, 2.24) is 10.2 Å². The van der Waals surface area contributed by atoms with Crippen LogP contribution in [-0.4, -0.2) is 30.6 Å². The van der Waals surface area contributed by atoms with Crippen molar-refractivity contribution in [1.29, 1.82) is 0 Å². The third kappa shape index (κ3) is 2.44. The molecule has 3 unspecified atom stereocenters. The zero-order valence-electron chi connectivity index (χ0n) is 10.5. The third-order valence-electron chi connectivity index (χ3n) is 4.30. The first-order valence-electron chi connectivity index (χ1n) is 6.57. The summed E-state index contributed by atoms with van der Waals surface area (Å²) in [6.07, 6.45) is 1.27. The van der Waals surface area contributed by atoms with Gasteiger partial charge in [0.25, 0.3) is 0 Å². The Labute approximate surface area is 129 Å². The minimum absolute atomic E-state index is 0.768. The zero-order chi connectivity index (χ0) is 12.7. The molecule has 18 heavy (non-hydrogen) atoms. The van der Waals surface area contributed by atoms with Crippen LogP contribution in [0.5, 0.6) is 0 Å². The largest absolute Gasteiger partial charge is 0.316 e. The summed E-state index contributed by atoms with van der Waals surface area (Å²) in [6, 6.07) is 3.03. The molecule has 3 rings (SSSR count). The van der Waals surface area contributed by atoms with Gasteiger partial charge >= 0.3 is 0 Å². The maximum Gasteiger partial charge on any atom is 0.0843 e. The van der Waals surface area contributed by atoms with Crippen molar-refractivity contribution in [2.45, 2.75) is 25.9 Å². The lowest BCUT2D eigenvalue weighted by molar-refractivity contribution is 0.212. The average Bonchev–Trinajstić information content (AvgIpc) is 2.95. The molecule has 1 aromatic rings. The van der Waals surface area contributed by atoms with Crippen LogP contribution in [0.2, 0.25) is 0 Å². The van der Waals surface area contributed by atoms with Crippen LogP contribution in [-0.2, 0) is 6.54 Å². The highest BCUT2D eigenvalue weighted by Gasteiger charge is 2.42. The predicted molar refractivity (Wildman–Crippen MR) is 84.1 cm³/mol. The van der Waals surface area contributed by atoms with E-state index in [0.29, 0.717) is 0 Å². The molecule has 0 radical (unpaired) electrons. The smallest absolute Gasteiger partial charge is 0.0843 e. The Hall–Kier alpha value is 0.580. The van der Waals surface area contributed by atoms with Gasteiger partial charge in [-0.2, -0.15) is 0 Å². The van der Waals surface area contributed by atoms with Crippen LogP contribution in [0.1, 0.15) is 18.2 Å². The highest BCUT2D eigenvalue weighted by Crippen LogP contribution is 2.38. The van der Waals surface area contributed by atoms with Gasteiger partial charge in [0.2, 0.25) is 0 Å². The van der Waals surface area contributed by atoms with Gasteiger partial charge in [0.05, 0.1) is 3.79 Å². The predicted octanol–water partition coefficient (Wildman–Crippen LogP) is 3.70. The molecule has 0 spiro atoms. The molecular formula is C13H18Br2N2S. The van der Waals surface area contributed by atoms with Crippen molar-refractivity contribution >= 4 is 43.2 Å². The summed E-state index contributed by atoms with van der Waals surface area (Å²) in [7, 11) is 0. The monoisotopic (exact) mass is 392 g/mol. The van der Waals surface area contributed by atoms with Crippen molar-refractivity contribution in [3.8, 4) is 0 Å². The molecule has 2 nitrogen and oxygen atoms in total. The third-order valence-corrected chi connectivity index (χ3v) is 7.54. The first-order chi connectivity index (χ1) is 8.69. The fraction of sp³-hybridized carbons (Fsp3) is 0.692. The molecule has 3 atom stereocenters. The van der Waals surface area contributed by atoms with Crippen LogP contribution in [0.3, 0.4) is 0 Å². The Bertz CT molecular complexity index is 415. The molecule has 0 amide bonds. The Morgan fingerprint density at radius 3 is 2.94 bits per heavy atom. The fourth-order valence-corrected chi connectivity index (χ4v) is 5.73. The molecule has 1 aromatic heterocycles. The topological polar surface area (TPSA) is 15.3 Å². The van der Waals surface area contributed by atoms with E-state index in [1.807, 2.05) is 11.3 Å². The summed E-state index contributed by atoms with van der Waals surface area (Å²) in [4.78, 5) is 4.15. The van der Waals surface area contributed by atoms with Crippen molar-refractivity contribution < 1.29 is 0 Å². The molecule has 2 aliphatic heterocycles. The molecule has 0 saturated carbocycles. The molecular weight excluding hydrogens is 376 g/mol. The van der Waals surface area contributed by atoms with E-state index in [4.69, 9.17) is 0 Å². The summed E-state index contributed by atoms with van der Waals surface area (Å²) in [6.45, 7) is 7.15. The van der Waals surface area contributed by atoms with Gasteiger partial charge in [0, 0.05) is 28.5 Å². The van der Waals surface area contributed by atoms with Gasteiger partial charge in [-0.1, -0.05) is 6.92 Å². The van der Waals surface area contributed by atoms with Gasteiger partial charge in [-0.15, -0.1) is 11.3 Å². The Kier molecular flexibility index (Phi) is 4.16. The lowest BCUT2D eigenvalue weighted by Gasteiger charge is -2.26. The molecule has 5 heteroatoms. The number of likely N-dealkylation sites (tertiary alicyclic amines) is 1. The fourth-order valence-electron chi connectivity index (χ4n) is 3.52. The summed E-state index contributed by atoms with van der Waals surface area (Å²) < 4.78 is 2.41. The maximum atomic E-state index is 3.59. The van der Waals surface area contributed by atoms with E-state index in [1.165, 1.54) is 39.2 Å². The van der Waals surface area contributed by atoms with Crippen molar-refractivity contribution in [2.24, 2.45) is 11.8 Å². The van der Waals surface area contributed by atoms with Crippen LogP contribution in [0.4, 0.5) is 0 Å². The van der Waals surface area contributed by atoms with E-state index >= 15 is 0 Å². The Balaban J connectivity index is 1.72. The van der Waals surface area contributed by atoms with Gasteiger partial charge in [0.1, 0.15) is 0 Å². The highest BCUT2D eigenvalue weighted by atomic mass is 79.9. The Morgan fingerprint density at radius 1 is 1.44 bits per heavy atom. The standard InChI is InChI=1S/C13H18Br2N2S/c1-2-12-10-5-16-4-8(10)6-17(12)7-9-3-11(14)13(15)18-9/h3,8,10,12,16H,2,4-7H2,1H3.